The van der Waals surface area contributed by atoms with Gasteiger partial charge in [-0.3, -0.25) is 9.79 Å². The van der Waals surface area contributed by atoms with Crippen molar-refractivity contribution in [3.8, 4) is 11.3 Å². The van der Waals surface area contributed by atoms with E-state index in [9.17, 15) is 13.2 Å². The maximum atomic E-state index is 13.3. The van der Waals surface area contributed by atoms with Crippen LogP contribution in [0.1, 0.15) is 41.0 Å². The van der Waals surface area contributed by atoms with Gasteiger partial charge in [0.25, 0.3) is 5.91 Å². The monoisotopic (exact) mass is 483 g/mol. The second-order valence-corrected chi connectivity index (χ2v) is 11.7. The zero-order valence-electron chi connectivity index (χ0n) is 18.5. The van der Waals surface area contributed by atoms with E-state index in [1.165, 1.54) is 17.3 Å². The number of hydrogen-bond acceptors (Lipinski definition) is 7. The summed E-state index contributed by atoms with van der Waals surface area (Å²) in [5, 5.41) is 8.83. The lowest BCUT2D eigenvalue weighted by Crippen LogP contribution is -2.27. The normalized spacial score (nSPS) is 19.7. The number of aryl methyl sites for hydroxylation is 2. The van der Waals surface area contributed by atoms with Crippen LogP contribution in [0, 0.1) is 6.92 Å². The number of fused-ring (bicyclic) bond motifs is 1. The highest BCUT2D eigenvalue weighted by atomic mass is 32.2. The molecule has 0 aliphatic carbocycles. The van der Waals surface area contributed by atoms with Crippen molar-refractivity contribution in [1.29, 1.82) is 0 Å². The second kappa shape index (κ2) is 8.57. The third kappa shape index (κ3) is 4.29. The Morgan fingerprint density at radius 3 is 2.70 bits per heavy atom. The molecule has 10 heteroatoms. The van der Waals surface area contributed by atoms with Crippen LogP contribution >= 0.6 is 11.8 Å². The van der Waals surface area contributed by atoms with Gasteiger partial charge in [0.15, 0.2) is 20.7 Å². The number of carbonyl (C=O) groups excluding carboxylic acids is 1. The first-order valence-electron chi connectivity index (χ1n) is 11.0. The van der Waals surface area contributed by atoms with E-state index in [1.807, 2.05) is 19.1 Å². The highest BCUT2D eigenvalue weighted by molar-refractivity contribution is 8.14. The van der Waals surface area contributed by atoms with E-state index in [1.54, 1.807) is 10.7 Å². The van der Waals surface area contributed by atoms with E-state index in [0.29, 0.717) is 46.1 Å². The number of nitrogens with zero attached hydrogens (tertiary/aromatic N) is 4. The summed E-state index contributed by atoms with van der Waals surface area (Å²) in [7, 11) is -3.10. The fourth-order valence-corrected chi connectivity index (χ4v) is 6.76. The molecule has 1 unspecified atom stereocenters. The van der Waals surface area contributed by atoms with Crippen molar-refractivity contribution in [2.45, 2.75) is 32.7 Å². The van der Waals surface area contributed by atoms with Crippen molar-refractivity contribution in [3.05, 3.63) is 47.2 Å². The molecule has 2 aliphatic rings. The summed E-state index contributed by atoms with van der Waals surface area (Å²) in [4.78, 5) is 22.5. The van der Waals surface area contributed by atoms with Crippen LogP contribution in [0.25, 0.3) is 22.3 Å². The van der Waals surface area contributed by atoms with Gasteiger partial charge in [-0.25, -0.2) is 18.1 Å². The Morgan fingerprint density at radius 2 is 2.06 bits per heavy atom. The molecule has 1 atom stereocenters. The molecule has 1 N–H and O–H groups in total. The smallest absolute Gasteiger partial charge is 0.258 e. The molecule has 0 radical (unpaired) electrons. The molecule has 172 valence electrons. The van der Waals surface area contributed by atoms with Crippen LogP contribution in [0.15, 0.2) is 35.3 Å². The summed E-state index contributed by atoms with van der Waals surface area (Å²) in [6, 6.07) is 9.61. The predicted octanol–water partition coefficient (Wildman–Crippen LogP) is 3.16. The second-order valence-electron chi connectivity index (χ2n) is 8.38. The van der Waals surface area contributed by atoms with Crippen LogP contribution in [-0.4, -0.2) is 58.1 Å². The number of amides is 1. The van der Waals surface area contributed by atoms with E-state index >= 15 is 0 Å². The standard InChI is InChI=1S/C23H25N5O3S2/c1-3-15-4-6-16(7-5-15)19-12-18(22(29)26-23-24-9-10-32-23)20-14(2)27-28(21(20)25-19)17-8-11-33(30,31)13-17/h4-7,12,17H,3,8-11,13H2,1-2H3,(H,24,26,29). The number of rotatable bonds is 4. The SMILES string of the molecule is CCc1ccc(-c2cc(C(=O)NC3=NCCS3)c3c(C)nn(C4CCS(=O)(=O)C4)c3n2)cc1. The van der Waals surface area contributed by atoms with Crippen LogP contribution in [-0.2, 0) is 16.3 Å². The fourth-order valence-electron chi connectivity index (χ4n) is 4.35. The first kappa shape index (κ1) is 22.1. The number of nitrogens with one attached hydrogen (secondary N) is 1. The van der Waals surface area contributed by atoms with Gasteiger partial charge < -0.3 is 5.32 Å². The predicted molar refractivity (Wildman–Crippen MR) is 132 cm³/mol. The van der Waals surface area contributed by atoms with Gasteiger partial charge in [-0.2, -0.15) is 5.10 Å². The molecule has 2 aromatic heterocycles. The largest absolute Gasteiger partial charge is 0.301 e. The van der Waals surface area contributed by atoms with Crippen LogP contribution in [0.2, 0.25) is 0 Å². The minimum Gasteiger partial charge on any atom is -0.301 e. The highest BCUT2D eigenvalue weighted by Crippen LogP contribution is 2.32. The minimum absolute atomic E-state index is 0.0370. The molecule has 2 aliphatic heterocycles. The number of pyridine rings is 1. The van der Waals surface area contributed by atoms with Crippen molar-refractivity contribution in [3.63, 3.8) is 0 Å². The van der Waals surface area contributed by atoms with E-state index < -0.39 is 9.84 Å². The lowest BCUT2D eigenvalue weighted by molar-refractivity contribution is 0.0979. The zero-order chi connectivity index (χ0) is 23.2. The van der Waals surface area contributed by atoms with E-state index in [4.69, 9.17) is 4.98 Å². The molecule has 4 heterocycles. The average Bonchev–Trinajstić information content (AvgIpc) is 3.52. The Kier molecular flexibility index (Phi) is 5.74. The summed E-state index contributed by atoms with van der Waals surface area (Å²) >= 11 is 1.52. The van der Waals surface area contributed by atoms with Gasteiger partial charge in [0.05, 0.1) is 46.4 Å². The third-order valence-electron chi connectivity index (χ3n) is 6.10. The third-order valence-corrected chi connectivity index (χ3v) is 8.74. The molecular weight excluding hydrogens is 458 g/mol. The molecule has 1 fully saturated rings. The summed E-state index contributed by atoms with van der Waals surface area (Å²) in [6.45, 7) is 4.62. The van der Waals surface area contributed by atoms with Gasteiger partial charge in [0.1, 0.15) is 0 Å². The van der Waals surface area contributed by atoms with E-state index in [0.717, 1.165) is 17.7 Å². The van der Waals surface area contributed by atoms with Gasteiger partial charge in [0, 0.05) is 11.3 Å². The number of benzene rings is 1. The van der Waals surface area contributed by atoms with Crippen LogP contribution in [0.5, 0.6) is 0 Å². The number of aliphatic imine (C=N–C) groups is 1. The minimum atomic E-state index is -3.10. The fraction of sp³-hybridized carbons (Fsp3) is 0.391. The van der Waals surface area contributed by atoms with Crippen LogP contribution in [0.4, 0.5) is 0 Å². The van der Waals surface area contributed by atoms with E-state index in [2.05, 4.69) is 34.5 Å². The Balaban J connectivity index is 1.66. The van der Waals surface area contributed by atoms with Crippen LogP contribution < -0.4 is 5.32 Å². The van der Waals surface area contributed by atoms with Gasteiger partial charge in [-0.05, 0) is 31.4 Å². The number of hydrogen-bond donors (Lipinski definition) is 1. The Labute approximate surface area is 196 Å². The molecule has 1 saturated heterocycles. The summed E-state index contributed by atoms with van der Waals surface area (Å²) in [5.41, 5.74) is 4.41. The molecule has 33 heavy (non-hydrogen) atoms. The van der Waals surface area contributed by atoms with Gasteiger partial charge >= 0.3 is 0 Å². The molecular formula is C23H25N5O3S2. The van der Waals surface area contributed by atoms with Crippen molar-refractivity contribution < 1.29 is 13.2 Å². The van der Waals surface area contributed by atoms with Gasteiger partial charge in [0.2, 0.25) is 0 Å². The highest BCUT2D eigenvalue weighted by Gasteiger charge is 2.32. The Bertz CT molecular complexity index is 1380. The summed E-state index contributed by atoms with van der Waals surface area (Å²) in [5.74, 6) is 0.767. The summed E-state index contributed by atoms with van der Waals surface area (Å²) < 4.78 is 26.0. The first-order valence-corrected chi connectivity index (χ1v) is 13.8. The number of amidine groups is 1. The molecule has 3 aromatic rings. The van der Waals surface area contributed by atoms with Crippen LogP contribution in [0.3, 0.4) is 0 Å². The molecule has 0 spiro atoms. The Hall–Kier alpha value is -2.72. The number of sulfone groups is 1. The van der Waals surface area contributed by atoms with Crippen molar-refractivity contribution >= 4 is 43.7 Å². The lowest BCUT2D eigenvalue weighted by Gasteiger charge is -2.12. The maximum Gasteiger partial charge on any atom is 0.258 e. The number of aromatic nitrogens is 3. The van der Waals surface area contributed by atoms with Gasteiger partial charge in [-0.1, -0.05) is 43.0 Å². The molecule has 8 nitrogen and oxygen atoms in total. The maximum absolute atomic E-state index is 13.3. The van der Waals surface area contributed by atoms with Gasteiger partial charge in [-0.15, -0.1) is 0 Å². The lowest BCUT2D eigenvalue weighted by atomic mass is 10.0. The number of carbonyl (C=O) groups is 1. The molecule has 1 amide bonds. The van der Waals surface area contributed by atoms with Crippen molar-refractivity contribution in [1.82, 2.24) is 20.1 Å². The zero-order valence-corrected chi connectivity index (χ0v) is 20.2. The first-order chi connectivity index (χ1) is 15.8. The number of thioether (sulfide) groups is 1. The topological polar surface area (TPSA) is 106 Å². The van der Waals surface area contributed by atoms with E-state index in [-0.39, 0.29) is 23.5 Å². The Morgan fingerprint density at radius 1 is 1.27 bits per heavy atom. The molecule has 0 bridgehead atoms. The molecule has 1 aromatic carbocycles. The molecule has 5 rings (SSSR count). The van der Waals surface area contributed by atoms with Crippen molar-refractivity contribution in [2.24, 2.45) is 4.99 Å². The van der Waals surface area contributed by atoms with Crippen molar-refractivity contribution in [2.75, 3.05) is 23.8 Å². The average molecular weight is 484 g/mol. The quantitative estimate of drug-likeness (QED) is 0.611. The summed E-state index contributed by atoms with van der Waals surface area (Å²) in [6.07, 6.45) is 1.42. The molecule has 0 saturated carbocycles.